The van der Waals surface area contributed by atoms with E-state index in [1.807, 2.05) is 12.2 Å². The van der Waals surface area contributed by atoms with Crippen molar-refractivity contribution in [3.8, 4) is 6.07 Å². The van der Waals surface area contributed by atoms with Gasteiger partial charge < -0.3 is 0 Å². The number of rotatable bonds is 0. The Balaban J connectivity index is 2.30. The van der Waals surface area contributed by atoms with Gasteiger partial charge in [-0.25, -0.2) is 0 Å². The van der Waals surface area contributed by atoms with Gasteiger partial charge in [-0.05, 0) is 23.1 Å². The van der Waals surface area contributed by atoms with Crippen LogP contribution in [0.1, 0.15) is 6.42 Å². The molecule has 0 aromatic rings. The van der Waals surface area contributed by atoms with E-state index in [1.54, 1.807) is 6.08 Å². The van der Waals surface area contributed by atoms with Gasteiger partial charge in [-0.15, -0.1) is 0 Å². The van der Waals surface area contributed by atoms with E-state index >= 15 is 0 Å². The first kappa shape index (κ1) is 10.8. The summed E-state index contributed by atoms with van der Waals surface area (Å²) in [5.41, 5.74) is 3.26. The van der Waals surface area contributed by atoms with E-state index in [2.05, 4.69) is 54.7 Å². The molecule has 0 aliphatic heterocycles. The molecule has 0 fully saturated rings. The molecule has 0 N–H and O–H groups in total. The van der Waals surface area contributed by atoms with Crippen LogP contribution in [0.4, 0.5) is 0 Å². The van der Waals surface area contributed by atoms with Crippen LogP contribution in [0.25, 0.3) is 0 Å². The van der Waals surface area contributed by atoms with E-state index < -0.39 is 0 Å². The van der Waals surface area contributed by atoms with Crippen LogP contribution in [0, 0.1) is 16.7 Å². The van der Waals surface area contributed by atoms with Crippen LogP contribution < -0.4 is 0 Å². The topological polar surface area (TPSA) is 23.8 Å². The van der Waals surface area contributed by atoms with Gasteiger partial charge in [-0.1, -0.05) is 60.8 Å². The summed E-state index contributed by atoms with van der Waals surface area (Å²) >= 11 is 0. The van der Waals surface area contributed by atoms with Gasteiger partial charge in [0.05, 0.1) is 11.5 Å². The minimum absolute atomic E-state index is 0.258. The number of nitriles is 1. The summed E-state index contributed by atoms with van der Waals surface area (Å²) in [5, 5.41) is 9.01. The maximum atomic E-state index is 9.01. The lowest BCUT2D eigenvalue weighted by atomic mass is 9.64. The molecule has 1 unspecified atom stereocenters. The second kappa shape index (κ2) is 4.16. The van der Waals surface area contributed by atoms with Gasteiger partial charge >= 0.3 is 0 Å². The predicted octanol–water partition coefficient (Wildman–Crippen LogP) is 3.93. The number of hydrogen-bond acceptors (Lipinski definition) is 1. The summed E-state index contributed by atoms with van der Waals surface area (Å²) < 4.78 is 0. The van der Waals surface area contributed by atoms with Crippen molar-refractivity contribution in [3.63, 3.8) is 0 Å². The highest BCUT2D eigenvalue weighted by atomic mass is 14.4. The van der Waals surface area contributed by atoms with E-state index in [-0.39, 0.29) is 5.41 Å². The average Bonchev–Trinajstić information content (AvgIpc) is 2.59. The SMILES string of the molecule is N#C/C=C1\C=CC=C2C=CC=CC3=CCC=CC231. The number of allylic oxidation sites excluding steroid dienone is 14. The molecule has 0 saturated heterocycles. The van der Waals surface area contributed by atoms with Crippen LogP contribution in [-0.2, 0) is 0 Å². The van der Waals surface area contributed by atoms with Crippen molar-refractivity contribution < 1.29 is 0 Å². The minimum atomic E-state index is -0.258. The fourth-order valence-corrected chi connectivity index (χ4v) is 2.84. The molecule has 0 bridgehead atoms. The quantitative estimate of drug-likeness (QED) is 0.457. The third kappa shape index (κ3) is 1.39. The maximum absolute atomic E-state index is 9.01. The maximum Gasteiger partial charge on any atom is 0.0915 e. The van der Waals surface area contributed by atoms with Gasteiger partial charge in [-0.3, -0.25) is 0 Å². The first-order valence-electron chi connectivity index (χ1n) is 6.10. The molecule has 3 aliphatic carbocycles. The van der Waals surface area contributed by atoms with E-state index in [0.717, 1.165) is 12.0 Å². The molecule has 0 saturated carbocycles. The lowest BCUT2D eigenvalue weighted by Crippen LogP contribution is -2.27. The Hall–Kier alpha value is -2.33. The first-order chi connectivity index (χ1) is 8.88. The molecule has 0 radical (unpaired) electrons. The molecule has 86 valence electrons. The summed E-state index contributed by atoms with van der Waals surface area (Å²) in [7, 11) is 0. The van der Waals surface area contributed by atoms with Crippen molar-refractivity contribution in [2.45, 2.75) is 6.42 Å². The number of nitrogens with zero attached hydrogens (tertiary/aromatic N) is 1. The highest BCUT2D eigenvalue weighted by molar-refractivity contribution is 5.63. The summed E-state index contributed by atoms with van der Waals surface area (Å²) in [6, 6.07) is 2.17. The zero-order valence-electron chi connectivity index (χ0n) is 10.0. The smallest absolute Gasteiger partial charge is 0.0915 e. The van der Waals surface area contributed by atoms with Crippen LogP contribution in [0.5, 0.6) is 0 Å². The van der Waals surface area contributed by atoms with Crippen molar-refractivity contribution in [3.05, 3.63) is 83.6 Å². The molecule has 0 aromatic carbocycles. The number of hydrogen-bond donors (Lipinski definition) is 0. The van der Waals surface area contributed by atoms with Crippen molar-refractivity contribution in [2.24, 2.45) is 5.41 Å². The fraction of sp³-hybridized carbons (Fsp3) is 0.118. The van der Waals surface area contributed by atoms with Crippen LogP contribution in [0.15, 0.2) is 83.6 Å². The minimum Gasteiger partial charge on any atom is -0.193 e. The first-order valence-corrected chi connectivity index (χ1v) is 6.10. The fourth-order valence-electron chi connectivity index (χ4n) is 2.84. The Morgan fingerprint density at radius 1 is 1.11 bits per heavy atom. The highest BCUT2D eigenvalue weighted by Crippen LogP contribution is 2.50. The van der Waals surface area contributed by atoms with Crippen molar-refractivity contribution in [1.82, 2.24) is 0 Å². The molecule has 1 spiro atoms. The molecule has 3 rings (SSSR count). The van der Waals surface area contributed by atoms with E-state index in [4.69, 9.17) is 5.26 Å². The van der Waals surface area contributed by atoms with E-state index in [1.165, 1.54) is 11.1 Å². The molecule has 18 heavy (non-hydrogen) atoms. The summed E-state index contributed by atoms with van der Waals surface area (Å²) in [5.74, 6) is 0. The summed E-state index contributed by atoms with van der Waals surface area (Å²) in [6.07, 6.45) is 23.8. The summed E-state index contributed by atoms with van der Waals surface area (Å²) in [4.78, 5) is 0. The standard InChI is InChI=1S/C17H13N/c18-13-11-16-10-5-9-15-7-2-1-6-14-8-3-4-12-17(14,15)16/h1-2,4-12H,3H2/b16-11+. The Kier molecular flexibility index (Phi) is 2.50. The molecule has 1 heteroatoms. The van der Waals surface area contributed by atoms with Crippen molar-refractivity contribution in [1.29, 1.82) is 5.26 Å². The Labute approximate surface area is 107 Å². The van der Waals surface area contributed by atoms with Gasteiger partial charge in [0, 0.05) is 6.08 Å². The summed E-state index contributed by atoms with van der Waals surface area (Å²) in [6.45, 7) is 0. The second-order valence-electron chi connectivity index (χ2n) is 4.53. The molecule has 0 heterocycles. The second-order valence-corrected chi connectivity index (χ2v) is 4.53. The third-order valence-electron chi connectivity index (χ3n) is 3.64. The molecular formula is C17H13N. The van der Waals surface area contributed by atoms with Gasteiger partial charge in [0.15, 0.2) is 0 Å². The van der Waals surface area contributed by atoms with E-state index in [9.17, 15) is 0 Å². The van der Waals surface area contributed by atoms with Crippen LogP contribution in [0.2, 0.25) is 0 Å². The Bertz CT molecular complexity index is 627. The highest BCUT2D eigenvalue weighted by Gasteiger charge is 2.38. The molecule has 1 nitrogen and oxygen atoms in total. The van der Waals surface area contributed by atoms with Crippen molar-refractivity contribution >= 4 is 0 Å². The predicted molar refractivity (Wildman–Crippen MR) is 73.5 cm³/mol. The van der Waals surface area contributed by atoms with Crippen LogP contribution in [0.3, 0.4) is 0 Å². The lowest BCUT2D eigenvalue weighted by molar-refractivity contribution is 0.683. The molecule has 1 atom stereocenters. The molecule has 0 aromatic heterocycles. The zero-order chi connectivity index (χ0) is 12.4. The van der Waals surface area contributed by atoms with Crippen LogP contribution >= 0.6 is 0 Å². The molecule has 0 amide bonds. The third-order valence-corrected chi connectivity index (χ3v) is 3.64. The Morgan fingerprint density at radius 3 is 2.78 bits per heavy atom. The van der Waals surface area contributed by atoms with Gasteiger partial charge in [0.1, 0.15) is 0 Å². The average molecular weight is 231 g/mol. The van der Waals surface area contributed by atoms with Gasteiger partial charge in [-0.2, -0.15) is 5.26 Å². The monoisotopic (exact) mass is 231 g/mol. The van der Waals surface area contributed by atoms with Gasteiger partial charge in [0.25, 0.3) is 0 Å². The molecular weight excluding hydrogens is 218 g/mol. The lowest BCUT2D eigenvalue weighted by Gasteiger charge is -2.38. The normalized spacial score (nSPS) is 30.1. The van der Waals surface area contributed by atoms with Gasteiger partial charge in [0.2, 0.25) is 0 Å². The van der Waals surface area contributed by atoms with Crippen LogP contribution in [-0.4, -0.2) is 0 Å². The van der Waals surface area contributed by atoms with Crippen molar-refractivity contribution in [2.75, 3.05) is 0 Å². The zero-order valence-corrected chi connectivity index (χ0v) is 10.0. The Morgan fingerprint density at radius 2 is 1.94 bits per heavy atom. The largest absolute Gasteiger partial charge is 0.193 e. The van der Waals surface area contributed by atoms with E-state index in [0.29, 0.717) is 0 Å². The molecule has 3 aliphatic rings.